The topological polar surface area (TPSA) is 71.8 Å². The zero-order chi connectivity index (χ0) is 13.3. The first kappa shape index (κ1) is 12.1. The molecule has 5 nitrogen and oxygen atoms in total. The van der Waals surface area contributed by atoms with Gasteiger partial charge in [-0.1, -0.05) is 12.1 Å². The summed E-state index contributed by atoms with van der Waals surface area (Å²) in [6.45, 7) is 0. The van der Waals surface area contributed by atoms with Gasteiger partial charge in [0.05, 0.1) is 10.5 Å². The zero-order valence-corrected chi connectivity index (χ0v) is 8.73. The number of aromatic nitrogens is 2. The third-order valence-electron chi connectivity index (χ3n) is 2.32. The number of rotatable bonds is 2. The van der Waals surface area contributed by atoms with Crippen LogP contribution in [0.2, 0.25) is 0 Å². The Morgan fingerprint density at radius 3 is 2.33 bits per heavy atom. The van der Waals surface area contributed by atoms with Crippen LogP contribution in [0, 0.1) is 10.1 Å². The van der Waals surface area contributed by atoms with E-state index in [2.05, 4.69) is 10.2 Å². The molecule has 0 aliphatic heterocycles. The highest BCUT2D eigenvalue weighted by molar-refractivity contribution is 5.68. The highest BCUT2D eigenvalue weighted by Crippen LogP contribution is 2.32. The SMILES string of the molecule is O=[N+]([O-])c1cn[nH]c1-c1ccc(C(F)(F)F)cc1. The summed E-state index contributed by atoms with van der Waals surface area (Å²) >= 11 is 0. The van der Waals surface area contributed by atoms with Crippen LogP contribution in [0.5, 0.6) is 0 Å². The molecule has 1 heterocycles. The van der Waals surface area contributed by atoms with Crippen LogP contribution in [0.1, 0.15) is 5.56 Å². The third-order valence-corrected chi connectivity index (χ3v) is 2.32. The monoisotopic (exact) mass is 257 g/mol. The molecule has 0 atom stereocenters. The number of hydrogen-bond donors (Lipinski definition) is 1. The Morgan fingerprint density at radius 1 is 1.22 bits per heavy atom. The van der Waals surface area contributed by atoms with Gasteiger partial charge in [-0.15, -0.1) is 0 Å². The van der Waals surface area contributed by atoms with Crippen LogP contribution < -0.4 is 0 Å². The van der Waals surface area contributed by atoms with Crippen molar-refractivity contribution in [3.63, 3.8) is 0 Å². The molecular weight excluding hydrogens is 251 g/mol. The van der Waals surface area contributed by atoms with Crippen LogP contribution in [0.25, 0.3) is 11.3 Å². The van der Waals surface area contributed by atoms with Gasteiger partial charge in [-0.05, 0) is 12.1 Å². The molecule has 0 saturated heterocycles. The maximum atomic E-state index is 12.3. The zero-order valence-electron chi connectivity index (χ0n) is 8.73. The fourth-order valence-corrected chi connectivity index (χ4v) is 1.46. The van der Waals surface area contributed by atoms with Crippen molar-refractivity contribution in [1.82, 2.24) is 10.2 Å². The Labute approximate surface area is 98.4 Å². The molecule has 8 heteroatoms. The van der Waals surface area contributed by atoms with Crippen molar-refractivity contribution >= 4 is 5.69 Å². The quantitative estimate of drug-likeness (QED) is 0.664. The van der Waals surface area contributed by atoms with Gasteiger partial charge >= 0.3 is 11.9 Å². The number of nitro groups is 1. The number of alkyl halides is 3. The van der Waals surface area contributed by atoms with Gasteiger partial charge in [0.2, 0.25) is 0 Å². The molecule has 0 spiro atoms. The van der Waals surface area contributed by atoms with E-state index in [-0.39, 0.29) is 16.9 Å². The smallest absolute Gasteiger partial charge is 0.271 e. The molecule has 0 aliphatic rings. The molecular formula is C10H6F3N3O2. The second-order valence-electron chi connectivity index (χ2n) is 3.46. The number of hydrogen-bond acceptors (Lipinski definition) is 3. The van der Waals surface area contributed by atoms with E-state index in [0.29, 0.717) is 0 Å². The lowest BCUT2D eigenvalue weighted by molar-refractivity contribution is -0.384. The van der Waals surface area contributed by atoms with Gasteiger partial charge in [-0.3, -0.25) is 15.2 Å². The van der Waals surface area contributed by atoms with Crippen molar-refractivity contribution in [2.45, 2.75) is 6.18 Å². The minimum atomic E-state index is -4.43. The van der Waals surface area contributed by atoms with Crippen LogP contribution in [0.4, 0.5) is 18.9 Å². The van der Waals surface area contributed by atoms with E-state index < -0.39 is 16.7 Å². The summed E-state index contributed by atoms with van der Waals surface area (Å²) in [7, 11) is 0. The molecule has 1 N–H and O–H groups in total. The fourth-order valence-electron chi connectivity index (χ4n) is 1.46. The molecule has 2 aromatic rings. The van der Waals surface area contributed by atoms with E-state index in [9.17, 15) is 23.3 Å². The predicted octanol–water partition coefficient (Wildman–Crippen LogP) is 3.00. The number of aromatic amines is 1. The van der Waals surface area contributed by atoms with Gasteiger partial charge < -0.3 is 0 Å². The maximum absolute atomic E-state index is 12.3. The van der Waals surface area contributed by atoms with Gasteiger partial charge in [0.15, 0.2) is 0 Å². The van der Waals surface area contributed by atoms with Crippen molar-refractivity contribution in [3.05, 3.63) is 46.1 Å². The first-order valence-corrected chi connectivity index (χ1v) is 4.75. The van der Waals surface area contributed by atoms with Gasteiger partial charge in [0, 0.05) is 5.56 Å². The van der Waals surface area contributed by atoms with E-state index in [1.807, 2.05) is 0 Å². The van der Waals surface area contributed by atoms with Gasteiger partial charge in [0.1, 0.15) is 11.9 Å². The first-order chi connectivity index (χ1) is 8.39. The van der Waals surface area contributed by atoms with Crippen molar-refractivity contribution in [3.8, 4) is 11.3 Å². The van der Waals surface area contributed by atoms with Crippen LogP contribution in [-0.4, -0.2) is 15.1 Å². The van der Waals surface area contributed by atoms with Crippen molar-refractivity contribution in [2.75, 3.05) is 0 Å². The molecule has 0 amide bonds. The summed E-state index contributed by atoms with van der Waals surface area (Å²) in [4.78, 5) is 9.99. The van der Waals surface area contributed by atoms with Gasteiger partial charge in [-0.2, -0.15) is 18.3 Å². The highest BCUT2D eigenvalue weighted by Gasteiger charge is 2.30. The Bertz CT molecular complexity index is 575. The molecule has 0 unspecified atom stereocenters. The fraction of sp³-hybridized carbons (Fsp3) is 0.100. The van der Waals surface area contributed by atoms with E-state index in [4.69, 9.17) is 0 Å². The minimum absolute atomic E-state index is 0.0775. The molecule has 1 aromatic carbocycles. The van der Waals surface area contributed by atoms with Gasteiger partial charge in [0.25, 0.3) is 0 Å². The second kappa shape index (κ2) is 4.13. The highest BCUT2D eigenvalue weighted by atomic mass is 19.4. The summed E-state index contributed by atoms with van der Waals surface area (Å²) in [6, 6.07) is 4.03. The lowest BCUT2D eigenvalue weighted by Crippen LogP contribution is -2.04. The Kier molecular flexibility index (Phi) is 2.77. The number of benzene rings is 1. The summed E-state index contributed by atoms with van der Waals surface area (Å²) < 4.78 is 37.0. The van der Waals surface area contributed by atoms with Crippen molar-refractivity contribution in [1.29, 1.82) is 0 Å². The molecule has 1 aromatic heterocycles. The second-order valence-corrected chi connectivity index (χ2v) is 3.46. The van der Waals surface area contributed by atoms with Crippen LogP contribution in [0.15, 0.2) is 30.5 Å². The Morgan fingerprint density at radius 2 is 1.83 bits per heavy atom. The van der Waals surface area contributed by atoms with Crippen LogP contribution in [0.3, 0.4) is 0 Å². The standard InChI is InChI=1S/C10H6F3N3O2/c11-10(12,13)7-3-1-6(2-4-7)9-8(16(17)18)5-14-15-9/h1-5H,(H,14,15). The lowest BCUT2D eigenvalue weighted by Gasteiger charge is -2.06. The molecule has 0 bridgehead atoms. The summed E-state index contributed by atoms with van der Waals surface area (Å²) in [5, 5.41) is 16.5. The molecule has 94 valence electrons. The van der Waals surface area contributed by atoms with Crippen LogP contribution in [-0.2, 0) is 6.18 Å². The average molecular weight is 257 g/mol. The average Bonchev–Trinajstić information content (AvgIpc) is 2.77. The molecule has 0 saturated carbocycles. The number of H-pyrrole nitrogens is 1. The van der Waals surface area contributed by atoms with Crippen LogP contribution >= 0.6 is 0 Å². The van der Waals surface area contributed by atoms with Crippen molar-refractivity contribution in [2.24, 2.45) is 0 Å². The molecule has 18 heavy (non-hydrogen) atoms. The minimum Gasteiger partial charge on any atom is -0.271 e. The molecule has 0 radical (unpaired) electrons. The first-order valence-electron chi connectivity index (χ1n) is 4.75. The largest absolute Gasteiger partial charge is 0.416 e. The summed E-state index contributed by atoms with van der Waals surface area (Å²) in [5.74, 6) is 0. The summed E-state index contributed by atoms with van der Waals surface area (Å²) in [5.41, 5.74) is -0.746. The predicted molar refractivity (Wildman–Crippen MR) is 55.7 cm³/mol. The molecule has 0 fully saturated rings. The molecule has 0 aliphatic carbocycles. The lowest BCUT2D eigenvalue weighted by atomic mass is 10.1. The number of nitrogens with zero attached hydrogens (tertiary/aromatic N) is 2. The van der Waals surface area contributed by atoms with E-state index >= 15 is 0 Å². The molecule has 2 rings (SSSR count). The van der Waals surface area contributed by atoms with Crippen molar-refractivity contribution < 1.29 is 18.1 Å². The van der Waals surface area contributed by atoms with Gasteiger partial charge in [-0.25, -0.2) is 0 Å². The number of halogens is 3. The van der Waals surface area contributed by atoms with E-state index in [1.54, 1.807) is 0 Å². The Hall–Kier alpha value is -2.38. The normalized spacial score (nSPS) is 11.5. The Balaban J connectivity index is 2.41. The van der Waals surface area contributed by atoms with E-state index in [1.165, 1.54) is 0 Å². The third kappa shape index (κ3) is 2.17. The number of nitrogens with one attached hydrogen (secondary N) is 1. The maximum Gasteiger partial charge on any atom is 0.416 e. The van der Waals surface area contributed by atoms with E-state index in [0.717, 1.165) is 30.5 Å². The summed E-state index contributed by atoms with van der Waals surface area (Å²) in [6.07, 6.45) is -3.43.